The first-order chi connectivity index (χ1) is 8.81. The summed E-state index contributed by atoms with van der Waals surface area (Å²) >= 11 is 0. The second kappa shape index (κ2) is 4.46. The molecule has 0 N–H and O–H groups in total. The lowest BCUT2D eigenvalue weighted by Gasteiger charge is -2.40. The van der Waals surface area contributed by atoms with E-state index in [0.29, 0.717) is 11.8 Å². The molecule has 3 unspecified atom stereocenters. The molecule has 1 fully saturated rings. The van der Waals surface area contributed by atoms with E-state index in [1.807, 2.05) is 0 Å². The van der Waals surface area contributed by atoms with Crippen LogP contribution in [0.25, 0.3) is 0 Å². The summed E-state index contributed by atoms with van der Waals surface area (Å²) in [5.74, 6) is 1.63. The van der Waals surface area contributed by atoms with Gasteiger partial charge in [0.25, 0.3) is 0 Å². The molecule has 90 valence electrons. The number of hydrogen-bond acceptors (Lipinski definition) is 2. The van der Waals surface area contributed by atoms with Crippen LogP contribution in [-0.4, -0.2) is 0 Å². The van der Waals surface area contributed by atoms with Crippen molar-refractivity contribution in [2.75, 3.05) is 0 Å². The lowest BCUT2D eigenvalue weighted by Crippen LogP contribution is -2.29. The maximum absolute atomic E-state index is 9.06. The second-order valence-electron chi connectivity index (χ2n) is 5.52. The fraction of sp³-hybridized carbons (Fsp3) is 0.500. The average molecular weight is 236 g/mol. The molecule has 0 aliphatic heterocycles. The average Bonchev–Trinajstić information content (AvgIpc) is 2.45. The van der Waals surface area contributed by atoms with Crippen LogP contribution in [-0.2, 0) is 0 Å². The van der Waals surface area contributed by atoms with Gasteiger partial charge < -0.3 is 0 Å². The van der Waals surface area contributed by atoms with Gasteiger partial charge in [-0.15, -0.1) is 0 Å². The minimum absolute atomic E-state index is 0.448. The SMILES string of the molecule is N#CC1=CC2CCC3CCC(C#N)=CC3C2=CC1. The summed E-state index contributed by atoms with van der Waals surface area (Å²) < 4.78 is 0. The van der Waals surface area contributed by atoms with Crippen molar-refractivity contribution in [2.24, 2.45) is 17.8 Å². The van der Waals surface area contributed by atoms with E-state index in [0.717, 1.165) is 36.3 Å². The zero-order valence-electron chi connectivity index (χ0n) is 10.4. The Morgan fingerprint density at radius 2 is 1.83 bits per heavy atom. The van der Waals surface area contributed by atoms with E-state index in [1.165, 1.54) is 18.4 Å². The molecule has 3 rings (SSSR count). The molecular formula is C16H16N2. The molecule has 3 aliphatic carbocycles. The van der Waals surface area contributed by atoms with Gasteiger partial charge in [0.05, 0.1) is 12.1 Å². The Hall–Kier alpha value is -1.80. The second-order valence-corrected chi connectivity index (χ2v) is 5.52. The molecule has 0 bridgehead atoms. The molecule has 0 spiro atoms. The minimum Gasteiger partial charge on any atom is -0.193 e. The molecule has 2 heteroatoms. The third kappa shape index (κ3) is 1.79. The lowest BCUT2D eigenvalue weighted by molar-refractivity contribution is 0.287. The number of hydrogen-bond donors (Lipinski definition) is 0. The van der Waals surface area contributed by atoms with Crippen LogP contribution in [0.4, 0.5) is 0 Å². The fourth-order valence-electron chi connectivity index (χ4n) is 3.64. The number of nitriles is 2. The summed E-state index contributed by atoms with van der Waals surface area (Å²) in [4.78, 5) is 0. The summed E-state index contributed by atoms with van der Waals surface area (Å²) in [5, 5.41) is 18.1. The van der Waals surface area contributed by atoms with Crippen LogP contribution in [0.15, 0.2) is 34.9 Å². The van der Waals surface area contributed by atoms with Crippen LogP contribution in [0.5, 0.6) is 0 Å². The first-order valence-electron chi connectivity index (χ1n) is 6.73. The van der Waals surface area contributed by atoms with Crippen molar-refractivity contribution in [1.82, 2.24) is 0 Å². The first kappa shape index (κ1) is 11.3. The topological polar surface area (TPSA) is 47.6 Å². The van der Waals surface area contributed by atoms with Crippen molar-refractivity contribution in [1.29, 1.82) is 10.5 Å². The van der Waals surface area contributed by atoms with E-state index in [-0.39, 0.29) is 0 Å². The molecule has 3 aliphatic rings. The Balaban J connectivity index is 1.92. The first-order valence-corrected chi connectivity index (χ1v) is 6.73. The molecule has 0 aromatic rings. The van der Waals surface area contributed by atoms with Crippen molar-refractivity contribution < 1.29 is 0 Å². The smallest absolute Gasteiger partial charge is 0.0947 e. The van der Waals surface area contributed by atoms with Gasteiger partial charge in [-0.2, -0.15) is 10.5 Å². The van der Waals surface area contributed by atoms with Gasteiger partial charge in [-0.05, 0) is 37.5 Å². The van der Waals surface area contributed by atoms with E-state index in [4.69, 9.17) is 10.5 Å². The maximum Gasteiger partial charge on any atom is 0.0947 e. The van der Waals surface area contributed by atoms with Gasteiger partial charge in [0.1, 0.15) is 0 Å². The largest absolute Gasteiger partial charge is 0.193 e. The number of allylic oxidation sites excluding steroid dienone is 6. The molecule has 0 saturated heterocycles. The van der Waals surface area contributed by atoms with Crippen LogP contribution < -0.4 is 0 Å². The molecule has 0 aromatic carbocycles. The zero-order valence-corrected chi connectivity index (χ0v) is 10.4. The monoisotopic (exact) mass is 236 g/mol. The Labute approximate surface area is 108 Å². The van der Waals surface area contributed by atoms with Gasteiger partial charge in [0.15, 0.2) is 0 Å². The predicted octanol–water partition coefficient (Wildman–Crippen LogP) is 3.65. The van der Waals surface area contributed by atoms with Crippen LogP contribution in [0, 0.1) is 40.4 Å². The third-order valence-electron chi connectivity index (χ3n) is 4.58. The number of rotatable bonds is 0. The van der Waals surface area contributed by atoms with Crippen LogP contribution in [0.1, 0.15) is 32.1 Å². The summed E-state index contributed by atoms with van der Waals surface area (Å²) in [6.45, 7) is 0. The van der Waals surface area contributed by atoms with E-state index in [9.17, 15) is 0 Å². The number of nitrogens with zero attached hydrogens (tertiary/aromatic N) is 2. The van der Waals surface area contributed by atoms with Crippen LogP contribution in [0.2, 0.25) is 0 Å². The Bertz CT molecular complexity index is 536. The molecule has 0 amide bonds. The highest BCUT2D eigenvalue weighted by molar-refractivity contribution is 5.39. The van der Waals surface area contributed by atoms with Gasteiger partial charge in [-0.3, -0.25) is 0 Å². The lowest BCUT2D eigenvalue weighted by atomic mass is 9.64. The summed E-state index contributed by atoms with van der Waals surface area (Å²) in [5.41, 5.74) is 3.33. The molecule has 18 heavy (non-hydrogen) atoms. The zero-order chi connectivity index (χ0) is 12.5. The predicted molar refractivity (Wildman–Crippen MR) is 69.0 cm³/mol. The van der Waals surface area contributed by atoms with Gasteiger partial charge in [0.2, 0.25) is 0 Å². The Morgan fingerprint density at radius 3 is 2.61 bits per heavy atom. The third-order valence-corrected chi connectivity index (χ3v) is 4.58. The quantitative estimate of drug-likeness (QED) is 0.603. The molecule has 0 heterocycles. The van der Waals surface area contributed by atoms with E-state index < -0.39 is 0 Å². The van der Waals surface area contributed by atoms with Crippen molar-refractivity contribution in [3.63, 3.8) is 0 Å². The highest BCUT2D eigenvalue weighted by atomic mass is 14.4. The molecular weight excluding hydrogens is 220 g/mol. The van der Waals surface area contributed by atoms with E-state index in [1.54, 1.807) is 0 Å². The van der Waals surface area contributed by atoms with Gasteiger partial charge in [0, 0.05) is 23.5 Å². The maximum atomic E-state index is 9.06. The Kier molecular flexibility index (Phi) is 2.80. The molecule has 2 nitrogen and oxygen atoms in total. The number of fused-ring (bicyclic) bond motifs is 3. The molecule has 0 radical (unpaired) electrons. The minimum atomic E-state index is 0.448. The molecule has 1 saturated carbocycles. The van der Waals surface area contributed by atoms with Gasteiger partial charge in [-0.25, -0.2) is 0 Å². The summed E-state index contributed by atoms with van der Waals surface area (Å²) in [7, 11) is 0. The van der Waals surface area contributed by atoms with Crippen LogP contribution in [0.3, 0.4) is 0 Å². The fourth-order valence-corrected chi connectivity index (χ4v) is 3.64. The van der Waals surface area contributed by atoms with Crippen molar-refractivity contribution >= 4 is 0 Å². The van der Waals surface area contributed by atoms with Gasteiger partial charge >= 0.3 is 0 Å². The van der Waals surface area contributed by atoms with Gasteiger partial charge in [-0.1, -0.05) is 23.8 Å². The van der Waals surface area contributed by atoms with Crippen molar-refractivity contribution in [3.05, 3.63) is 34.9 Å². The van der Waals surface area contributed by atoms with E-state index >= 15 is 0 Å². The summed E-state index contributed by atoms with van der Waals surface area (Å²) in [6, 6.07) is 4.60. The highest BCUT2D eigenvalue weighted by Crippen LogP contribution is 2.47. The normalized spacial score (nSPS) is 33.9. The van der Waals surface area contributed by atoms with Crippen LogP contribution >= 0.6 is 0 Å². The van der Waals surface area contributed by atoms with Crippen molar-refractivity contribution in [2.45, 2.75) is 32.1 Å². The van der Waals surface area contributed by atoms with E-state index in [2.05, 4.69) is 30.4 Å². The van der Waals surface area contributed by atoms with Crippen molar-refractivity contribution in [3.8, 4) is 12.1 Å². The molecule has 3 atom stereocenters. The highest BCUT2D eigenvalue weighted by Gasteiger charge is 2.35. The molecule has 0 aromatic heterocycles. The standard InChI is InChI=1S/C16H16N2/c17-9-11-2-6-15-14(7-11)5-4-13-3-1-12(10-18)8-16(13)15/h6-8,13-14,16H,1-5H2. The Morgan fingerprint density at radius 1 is 1.00 bits per heavy atom. The summed E-state index contributed by atoms with van der Waals surface area (Å²) in [6.07, 6.45) is 11.9.